The fourth-order valence-electron chi connectivity index (χ4n) is 6.93. The third-order valence-corrected chi connectivity index (χ3v) is 9.08. The highest BCUT2D eigenvalue weighted by Gasteiger charge is 2.75. The molecular weight excluding hydrogens is 436 g/mol. The van der Waals surface area contributed by atoms with Crippen molar-refractivity contribution in [3.63, 3.8) is 0 Å². The molecule has 7 atom stereocenters. The zero-order valence-electron chi connectivity index (χ0n) is 19.2. The van der Waals surface area contributed by atoms with Crippen LogP contribution in [0.3, 0.4) is 0 Å². The topological polar surface area (TPSA) is 116 Å². The van der Waals surface area contributed by atoms with Crippen LogP contribution >= 0.6 is 11.6 Å². The van der Waals surface area contributed by atoms with Gasteiger partial charge >= 0.3 is 5.97 Å². The first-order chi connectivity index (χ1) is 14.8. The van der Waals surface area contributed by atoms with E-state index in [9.17, 15) is 25.2 Å². The summed E-state index contributed by atoms with van der Waals surface area (Å²) in [7, 11) is 1.40. The molecule has 8 heteroatoms. The largest absolute Gasteiger partial charge is 0.507 e. The zero-order chi connectivity index (χ0) is 23.8. The number of phenols is 1. The number of aromatic hydroxyl groups is 1. The van der Waals surface area contributed by atoms with Crippen molar-refractivity contribution < 1.29 is 34.7 Å². The highest BCUT2D eigenvalue weighted by Crippen LogP contribution is 2.69. The molecule has 7 nitrogen and oxygen atoms in total. The van der Waals surface area contributed by atoms with Gasteiger partial charge in [0.25, 0.3) is 0 Å². The van der Waals surface area contributed by atoms with Crippen LogP contribution in [0.25, 0.3) is 0 Å². The smallest absolute Gasteiger partial charge is 0.342 e. The number of methoxy groups -OCH3 is 1. The van der Waals surface area contributed by atoms with E-state index in [0.717, 1.165) is 12.8 Å². The number of esters is 1. The van der Waals surface area contributed by atoms with Crippen molar-refractivity contribution in [1.82, 2.24) is 0 Å². The summed E-state index contributed by atoms with van der Waals surface area (Å²) in [5, 5.41) is 44.0. The van der Waals surface area contributed by atoms with Crippen LogP contribution in [0.2, 0.25) is 5.02 Å². The average Bonchev–Trinajstić information content (AvgIpc) is 3.05. The Bertz CT molecular complexity index is 947. The van der Waals surface area contributed by atoms with Gasteiger partial charge in [-0.15, -0.1) is 0 Å². The molecule has 0 amide bonds. The van der Waals surface area contributed by atoms with Gasteiger partial charge in [-0.3, -0.25) is 0 Å². The number of fused-ring (bicyclic) bond motifs is 3. The molecule has 4 rings (SSSR count). The van der Waals surface area contributed by atoms with Crippen molar-refractivity contribution in [3.05, 3.63) is 22.2 Å². The summed E-state index contributed by atoms with van der Waals surface area (Å²) in [5.74, 6) is -1.71. The molecular formula is C24H33ClO7. The lowest BCUT2D eigenvalue weighted by atomic mass is 9.40. The van der Waals surface area contributed by atoms with Crippen LogP contribution in [0.1, 0.15) is 56.0 Å². The van der Waals surface area contributed by atoms with Gasteiger partial charge in [0, 0.05) is 11.5 Å². The second-order valence-electron chi connectivity index (χ2n) is 10.9. The summed E-state index contributed by atoms with van der Waals surface area (Å²) in [4.78, 5) is 12.9. The molecule has 1 aromatic rings. The lowest BCUT2D eigenvalue weighted by molar-refractivity contribution is -0.334. The molecule has 3 fully saturated rings. The first-order valence-electron chi connectivity index (χ1n) is 11.1. The molecule has 0 bridgehead atoms. The highest BCUT2D eigenvalue weighted by atomic mass is 35.5. The third-order valence-electron chi connectivity index (χ3n) is 8.62. The number of hydrogen-bond donors (Lipinski definition) is 4. The van der Waals surface area contributed by atoms with Crippen molar-refractivity contribution in [1.29, 1.82) is 0 Å². The summed E-state index contributed by atoms with van der Waals surface area (Å²) >= 11 is 6.23. The van der Waals surface area contributed by atoms with E-state index in [2.05, 4.69) is 13.8 Å². The van der Waals surface area contributed by atoms with Gasteiger partial charge in [-0.05, 0) is 49.0 Å². The van der Waals surface area contributed by atoms with Gasteiger partial charge in [0.15, 0.2) is 0 Å². The molecule has 0 saturated heterocycles. The molecule has 0 aliphatic heterocycles. The van der Waals surface area contributed by atoms with Crippen molar-refractivity contribution in [2.75, 3.05) is 13.7 Å². The molecule has 0 spiro atoms. The van der Waals surface area contributed by atoms with Crippen molar-refractivity contribution >= 4 is 17.6 Å². The van der Waals surface area contributed by atoms with Crippen LogP contribution in [-0.4, -0.2) is 57.9 Å². The number of rotatable bonds is 4. The Hall–Kier alpha value is -1.54. The van der Waals surface area contributed by atoms with Crippen LogP contribution in [0.5, 0.6) is 11.5 Å². The maximum Gasteiger partial charge on any atom is 0.342 e. The first-order valence-corrected chi connectivity index (χ1v) is 11.5. The van der Waals surface area contributed by atoms with E-state index in [1.165, 1.54) is 13.2 Å². The van der Waals surface area contributed by atoms with E-state index in [4.69, 9.17) is 21.1 Å². The van der Waals surface area contributed by atoms with E-state index < -0.39 is 35.1 Å². The van der Waals surface area contributed by atoms with Crippen LogP contribution < -0.4 is 4.74 Å². The molecule has 0 radical (unpaired) electrons. The Morgan fingerprint density at radius 2 is 1.88 bits per heavy atom. The van der Waals surface area contributed by atoms with Gasteiger partial charge in [-0.25, -0.2) is 4.79 Å². The molecule has 0 heterocycles. The van der Waals surface area contributed by atoms with Crippen molar-refractivity contribution in [3.8, 4) is 11.5 Å². The van der Waals surface area contributed by atoms with E-state index in [-0.39, 0.29) is 45.9 Å². The summed E-state index contributed by atoms with van der Waals surface area (Å²) in [5.41, 5.74) is -1.88. The number of phenolic OH excluding ortho intramolecular Hbond substituents is 1. The molecule has 3 saturated carbocycles. The monoisotopic (exact) mass is 468 g/mol. The van der Waals surface area contributed by atoms with Crippen LogP contribution in [0.4, 0.5) is 0 Å². The molecule has 0 unspecified atom stereocenters. The van der Waals surface area contributed by atoms with Crippen LogP contribution in [0, 0.1) is 35.5 Å². The van der Waals surface area contributed by atoms with Crippen molar-refractivity contribution in [2.24, 2.45) is 28.6 Å². The Kier molecular flexibility index (Phi) is 5.52. The predicted octanol–water partition coefficient (Wildman–Crippen LogP) is 3.06. The number of halogens is 1. The lowest BCUT2D eigenvalue weighted by Gasteiger charge is -2.68. The number of hydrogen-bond acceptors (Lipinski definition) is 7. The maximum absolute atomic E-state index is 12.9. The van der Waals surface area contributed by atoms with Gasteiger partial charge in [0.2, 0.25) is 0 Å². The fourth-order valence-corrected chi connectivity index (χ4v) is 7.16. The highest BCUT2D eigenvalue weighted by molar-refractivity contribution is 6.33. The summed E-state index contributed by atoms with van der Waals surface area (Å²) < 4.78 is 10.6. The maximum atomic E-state index is 12.9. The second kappa shape index (κ2) is 7.49. The Morgan fingerprint density at radius 1 is 1.22 bits per heavy atom. The molecule has 178 valence electrons. The molecule has 32 heavy (non-hydrogen) atoms. The molecule has 3 aliphatic rings. The number of carbonyl (C=O) groups excluding carboxylic acids is 1. The number of ether oxygens (including phenoxy) is 2. The van der Waals surface area contributed by atoms with E-state index in [1.54, 1.807) is 6.92 Å². The number of aliphatic hydroxyl groups is 3. The van der Waals surface area contributed by atoms with Gasteiger partial charge in [-0.2, -0.15) is 0 Å². The van der Waals surface area contributed by atoms with Gasteiger partial charge < -0.3 is 29.9 Å². The minimum Gasteiger partial charge on any atom is -0.507 e. The van der Waals surface area contributed by atoms with E-state index in [1.807, 2.05) is 6.92 Å². The van der Waals surface area contributed by atoms with Gasteiger partial charge in [-0.1, -0.05) is 32.4 Å². The molecule has 4 N–H and O–H groups in total. The Morgan fingerprint density at radius 3 is 2.47 bits per heavy atom. The standard InChI is InChI=1S/C24H33ClO7/c1-11-18(15(26)6-16(31-5)19(11)25)21(29)32-10-14-20(28)12-7-22(2,3)8-13(12)23(4)9-17(27)24(14,23)30/h6,12-14,17,20,26-28,30H,7-10H2,1-5H3/t12-,13+,14-,17-,20+,23-,24+/m1/s1. The van der Waals surface area contributed by atoms with E-state index >= 15 is 0 Å². The SMILES string of the molecule is COc1cc(O)c(C(=O)OC[C@@H]2[C@@H](O)[C@@H]3CC(C)(C)C[C@@H]3[C@@]3(C)C[C@@H](O)[C@@]23O)c(C)c1Cl. The second-order valence-corrected chi connectivity index (χ2v) is 11.3. The normalized spacial score (nSPS) is 39.6. The number of benzene rings is 1. The van der Waals surface area contributed by atoms with Gasteiger partial charge in [0.1, 0.15) is 22.7 Å². The summed E-state index contributed by atoms with van der Waals surface area (Å²) in [6.45, 7) is 7.57. The number of aliphatic hydroxyl groups excluding tert-OH is 2. The van der Waals surface area contributed by atoms with Crippen LogP contribution in [0.15, 0.2) is 6.07 Å². The molecule has 1 aromatic carbocycles. The minimum atomic E-state index is -1.55. The minimum absolute atomic E-state index is 0.0229. The summed E-state index contributed by atoms with van der Waals surface area (Å²) in [6.07, 6.45) is 0.201. The average molecular weight is 469 g/mol. The summed E-state index contributed by atoms with van der Waals surface area (Å²) in [6, 6.07) is 1.24. The predicted molar refractivity (Wildman–Crippen MR) is 118 cm³/mol. The van der Waals surface area contributed by atoms with Crippen LogP contribution in [-0.2, 0) is 4.74 Å². The Labute approximate surface area is 193 Å². The quantitative estimate of drug-likeness (QED) is 0.502. The third kappa shape index (κ3) is 3.08. The first kappa shape index (κ1) is 23.6. The fraction of sp³-hybridized carbons (Fsp3) is 0.708. The van der Waals surface area contributed by atoms with Gasteiger partial charge in [0.05, 0.1) is 36.9 Å². The number of carbonyl (C=O) groups is 1. The lowest BCUT2D eigenvalue weighted by Crippen LogP contribution is -2.78. The zero-order valence-corrected chi connectivity index (χ0v) is 19.9. The molecule has 3 aliphatic carbocycles. The van der Waals surface area contributed by atoms with E-state index in [0.29, 0.717) is 12.0 Å². The van der Waals surface area contributed by atoms with Crippen molar-refractivity contribution in [2.45, 2.75) is 64.8 Å². The Balaban J connectivity index is 1.61. The molecule has 0 aromatic heterocycles.